The van der Waals surface area contributed by atoms with Gasteiger partial charge in [-0.15, -0.1) is 12.4 Å². The van der Waals surface area contributed by atoms with Crippen molar-refractivity contribution in [2.45, 2.75) is 6.92 Å². The molecule has 1 rings (SSSR count). The van der Waals surface area contributed by atoms with Gasteiger partial charge < -0.3 is 0 Å². The Morgan fingerprint density at radius 1 is 1.20 bits per heavy atom. The summed E-state index contributed by atoms with van der Waals surface area (Å²) < 4.78 is 0. The number of benzene rings is 1. The van der Waals surface area contributed by atoms with E-state index in [4.69, 9.17) is 5.39 Å². The summed E-state index contributed by atoms with van der Waals surface area (Å²) in [6, 6.07) is 7.31. The van der Waals surface area contributed by atoms with Gasteiger partial charge in [-0.2, -0.15) is 0 Å². The van der Waals surface area contributed by atoms with Gasteiger partial charge >= 0.3 is 5.69 Å². The van der Waals surface area contributed by atoms with Crippen molar-refractivity contribution >= 4 is 18.1 Å². The monoisotopic (exact) mass is 155 g/mol. The van der Waals surface area contributed by atoms with Crippen molar-refractivity contribution < 1.29 is 0 Å². The van der Waals surface area contributed by atoms with Crippen LogP contribution in [0.4, 0.5) is 5.69 Å². The Morgan fingerprint density at radius 3 is 2.10 bits per heavy atom. The van der Waals surface area contributed by atoms with E-state index in [0.29, 0.717) is 5.69 Å². The molecule has 0 aliphatic heterocycles. The molecule has 0 bridgehead atoms. The highest BCUT2D eigenvalue weighted by Crippen LogP contribution is 2.10. The Kier molecular flexibility index (Phi) is 3.45. The van der Waals surface area contributed by atoms with Gasteiger partial charge in [-0.05, 0) is 6.92 Å². The predicted molar refractivity (Wildman–Crippen MR) is 43.2 cm³/mol. The molecule has 1 aromatic carbocycles. The lowest BCUT2D eigenvalue weighted by atomic mass is 10.2. The van der Waals surface area contributed by atoms with E-state index in [-0.39, 0.29) is 12.4 Å². The first-order chi connectivity index (χ1) is 4.33. The molecule has 3 heteroatoms. The summed E-state index contributed by atoms with van der Waals surface area (Å²) in [6.07, 6.45) is 0. The lowest BCUT2D eigenvalue weighted by Crippen LogP contribution is -1.65. The van der Waals surface area contributed by atoms with Gasteiger partial charge in [0.25, 0.3) is 0 Å². The summed E-state index contributed by atoms with van der Waals surface area (Å²) in [5.41, 5.74) is 1.77. The number of diazo groups is 1. The quantitative estimate of drug-likeness (QED) is 0.530. The van der Waals surface area contributed by atoms with Crippen molar-refractivity contribution in [2.24, 2.45) is 0 Å². The molecule has 0 atom stereocenters. The van der Waals surface area contributed by atoms with Gasteiger partial charge in [0.2, 0.25) is 5.39 Å². The molecule has 0 aliphatic carbocycles. The van der Waals surface area contributed by atoms with Gasteiger partial charge in [0.15, 0.2) is 4.98 Å². The topological polar surface area (TPSA) is 28.1 Å². The fourth-order valence-electron chi connectivity index (χ4n) is 0.611. The fraction of sp³-hybridized carbons (Fsp3) is 0.143. The third-order valence-electron chi connectivity index (χ3n) is 1.15. The molecule has 0 aliphatic rings. The highest BCUT2D eigenvalue weighted by molar-refractivity contribution is 5.85. The van der Waals surface area contributed by atoms with E-state index in [2.05, 4.69) is 4.98 Å². The van der Waals surface area contributed by atoms with Crippen LogP contribution >= 0.6 is 12.4 Å². The van der Waals surface area contributed by atoms with Gasteiger partial charge in [-0.3, -0.25) is 0 Å². The molecule has 0 saturated carbocycles. The Hall–Kier alpha value is -1.07. The van der Waals surface area contributed by atoms with Crippen LogP contribution < -0.4 is 0 Å². The second-order valence-corrected chi connectivity index (χ2v) is 1.94. The molecule has 2 nitrogen and oxygen atoms in total. The standard InChI is InChI=1S/C7H7N2.ClH/c1-6-2-4-7(9-8)5-3-6;/h2-5H,1H3;1H/q+1;. The van der Waals surface area contributed by atoms with Gasteiger partial charge in [0, 0.05) is 12.1 Å². The molecule has 0 fully saturated rings. The zero-order valence-electron chi connectivity index (χ0n) is 5.61. The Labute approximate surface area is 65.9 Å². The van der Waals surface area contributed by atoms with E-state index in [1.807, 2.05) is 19.1 Å². The highest BCUT2D eigenvalue weighted by Gasteiger charge is 1.98. The van der Waals surface area contributed by atoms with Crippen LogP contribution in [0.15, 0.2) is 24.3 Å². The minimum Gasteiger partial charge on any atom is -0.147 e. The second-order valence-electron chi connectivity index (χ2n) is 1.94. The zero-order valence-corrected chi connectivity index (χ0v) is 6.43. The van der Waals surface area contributed by atoms with E-state index >= 15 is 0 Å². The van der Waals surface area contributed by atoms with E-state index in [9.17, 15) is 0 Å². The third kappa shape index (κ3) is 2.04. The molecular weight excluding hydrogens is 148 g/mol. The molecule has 0 heterocycles. The van der Waals surface area contributed by atoms with Crippen LogP contribution in [0.5, 0.6) is 0 Å². The number of hydrogen-bond donors (Lipinski definition) is 0. The van der Waals surface area contributed by atoms with Crippen molar-refractivity contribution in [1.29, 1.82) is 5.39 Å². The smallest absolute Gasteiger partial charge is 0.147 e. The van der Waals surface area contributed by atoms with Crippen molar-refractivity contribution in [3.05, 3.63) is 34.8 Å². The van der Waals surface area contributed by atoms with Crippen molar-refractivity contribution in [3.63, 3.8) is 0 Å². The summed E-state index contributed by atoms with van der Waals surface area (Å²) in [5, 5.41) is 8.25. The average Bonchev–Trinajstić information content (AvgIpc) is 1.90. The van der Waals surface area contributed by atoms with Crippen LogP contribution in [-0.4, -0.2) is 0 Å². The molecule has 0 amide bonds. The van der Waals surface area contributed by atoms with Gasteiger partial charge in [0.1, 0.15) is 0 Å². The minimum absolute atomic E-state index is 0. The van der Waals surface area contributed by atoms with Gasteiger partial charge in [-0.1, -0.05) is 17.7 Å². The second kappa shape index (κ2) is 3.86. The van der Waals surface area contributed by atoms with Crippen molar-refractivity contribution in [2.75, 3.05) is 0 Å². The van der Waals surface area contributed by atoms with E-state index < -0.39 is 0 Å². The summed E-state index contributed by atoms with van der Waals surface area (Å²) in [6.45, 7) is 1.99. The largest absolute Gasteiger partial charge is 0.385 e. The molecule has 0 saturated heterocycles. The number of hydrogen-bond acceptors (Lipinski definition) is 1. The van der Waals surface area contributed by atoms with E-state index in [1.54, 1.807) is 12.1 Å². The Bertz CT molecular complexity index is 235. The van der Waals surface area contributed by atoms with Crippen molar-refractivity contribution in [1.82, 2.24) is 0 Å². The number of aryl methyl sites for hydroxylation is 1. The molecule has 0 radical (unpaired) electrons. The van der Waals surface area contributed by atoms with Crippen LogP contribution in [0.25, 0.3) is 4.98 Å². The van der Waals surface area contributed by atoms with Gasteiger partial charge in [0.05, 0.1) is 0 Å². The maximum atomic E-state index is 8.25. The van der Waals surface area contributed by atoms with Crippen LogP contribution in [0.3, 0.4) is 0 Å². The summed E-state index contributed by atoms with van der Waals surface area (Å²) in [4.78, 5) is 3.01. The summed E-state index contributed by atoms with van der Waals surface area (Å²) >= 11 is 0. The molecular formula is C7H8ClN2+. The van der Waals surface area contributed by atoms with Crippen LogP contribution in [-0.2, 0) is 0 Å². The van der Waals surface area contributed by atoms with Crippen LogP contribution in [0.1, 0.15) is 5.56 Å². The Morgan fingerprint density at radius 2 is 1.70 bits per heavy atom. The zero-order chi connectivity index (χ0) is 6.69. The maximum absolute atomic E-state index is 8.25. The Balaban J connectivity index is 0.000000810. The first-order valence-corrected chi connectivity index (χ1v) is 2.74. The SMILES string of the molecule is Cc1ccc([N+]#N)cc1.Cl. The molecule has 0 spiro atoms. The summed E-state index contributed by atoms with van der Waals surface area (Å²) in [5.74, 6) is 0. The number of nitrogens with zero attached hydrogens (tertiary/aromatic N) is 2. The lowest BCUT2D eigenvalue weighted by molar-refractivity contribution is 1.43. The summed E-state index contributed by atoms with van der Waals surface area (Å²) in [7, 11) is 0. The molecule has 1 aromatic rings. The third-order valence-corrected chi connectivity index (χ3v) is 1.15. The molecule has 0 N–H and O–H groups in total. The van der Waals surface area contributed by atoms with Gasteiger partial charge in [-0.25, -0.2) is 0 Å². The van der Waals surface area contributed by atoms with Crippen molar-refractivity contribution in [3.8, 4) is 0 Å². The van der Waals surface area contributed by atoms with E-state index in [0.717, 1.165) is 0 Å². The molecule has 52 valence electrons. The molecule has 10 heavy (non-hydrogen) atoms. The number of rotatable bonds is 0. The first-order valence-electron chi connectivity index (χ1n) is 2.74. The normalized spacial score (nSPS) is 7.60. The number of halogens is 1. The predicted octanol–water partition coefficient (Wildman–Crippen LogP) is 2.90. The molecule has 0 aromatic heterocycles. The fourth-order valence-corrected chi connectivity index (χ4v) is 0.611. The van der Waals surface area contributed by atoms with Crippen LogP contribution in [0, 0.1) is 12.3 Å². The average molecular weight is 156 g/mol. The van der Waals surface area contributed by atoms with E-state index in [1.165, 1.54) is 5.56 Å². The highest BCUT2D eigenvalue weighted by atomic mass is 35.5. The lowest BCUT2D eigenvalue weighted by Gasteiger charge is -1.81. The van der Waals surface area contributed by atoms with Crippen LogP contribution in [0.2, 0.25) is 0 Å². The molecule has 0 unspecified atom stereocenters. The maximum Gasteiger partial charge on any atom is 0.385 e. The first kappa shape index (κ1) is 8.93. The minimum atomic E-state index is 0.